The van der Waals surface area contributed by atoms with Gasteiger partial charge in [0.2, 0.25) is 0 Å². The van der Waals surface area contributed by atoms with Crippen molar-refractivity contribution in [2.24, 2.45) is 5.92 Å². The molecule has 134 valence electrons. The van der Waals surface area contributed by atoms with Gasteiger partial charge in [0, 0.05) is 31.0 Å². The van der Waals surface area contributed by atoms with E-state index in [1.54, 1.807) is 12.4 Å². The van der Waals surface area contributed by atoms with Crippen molar-refractivity contribution in [3.63, 3.8) is 0 Å². The number of hydrogen-bond acceptors (Lipinski definition) is 5. The highest BCUT2D eigenvalue weighted by molar-refractivity contribution is 5.47. The third kappa shape index (κ3) is 3.54. The molecule has 0 bridgehead atoms. The number of aromatic nitrogens is 4. The topological polar surface area (TPSA) is 58.9 Å². The Labute approximate surface area is 153 Å². The molecule has 1 unspecified atom stereocenters. The minimum absolute atomic E-state index is 0.606. The fourth-order valence-electron chi connectivity index (χ4n) is 3.53. The van der Waals surface area contributed by atoms with Gasteiger partial charge in [-0.3, -0.25) is 4.98 Å². The first-order valence-corrected chi connectivity index (χ1v) is 9.08. The lowest BCUT2D eigenvalue weighted by Crippen LogP contribution is -2.22. The van der Waals surface area contributed by atoms with Crippen molar-refractivity contribution >= 4 is 11.5 Å². The van der Waals surface area contributed by atoms with E-state index >= 15 is 0 Å². The van der Waals surface area contributed by atoms with Gasteiger partial charge < -0.3 is 10.2 Å². The molecule has 3 heterocycles. The Bertz CT molecular complexity index is 873. The van der Waals surface area contributed by atoms with E-state index in [4.69, 9.17) is 0 Å². The molecule has 0 spiro atoms. The zero-order valence-electron chi connectivity index (χ0n) is 15.3. The van der Waals surface area contributed by atoms with Crippen LogP contribution in [0.15, 0.2) is 48.8 Å². The second kappa shape index (κ2) is 7.15. The number of benzene rings is 1. The summed E-state index contributed by atoms with van der Waals surface area (Å²) in [5.74, 6) is 2.15. The Kier molecular flexibility index (Phi) is 4.56. The van der Waals surface area contributed by atoms with Crippen LogP contribution < -0.4 is 10.2 Å². The summed E-state index contributed by atoms with van der Waals surface area (Å²) in [5, 5.41) is 7.94. The van der Waals surface area contributed by atoms with E-state index in [2.05, 4.69) is 55.6 Å². The van der Waals surface area contributed by atoms with Gasteiger partial charge in [0.25, 0.3) is 0 Å². The van der Waals surface area contributed by atoms with E-state index in [1.165, 1.54) is 12.1 Å². The van der Waals surface area contributed by atoms with Gasteiger partial charge in [-0.25, -0.2) is 9.67 Å². The zero-order valence-corrected chi connectivity index (χ0v) is 15.3. The molecule has 0 aliphatic carbocycles. The molecule has 26 heavy (non-hydrogen) atoms. The van der Waals surface area contributed by atoms with Crippen LogP contribution >= 0.6 is 0 Å². The van der Waals surface area contributed by atoms with Crippen LogP contribution in [0.1, 0.15) is 17.8 Å². The van der Waals surface area contributed by atoms with E-state index in [1.807, 2.05) is 24.6 Å². The van der Waals surface area contributed by atoms with E-state index < -0.39 is 0 Å². The highest BCUT2D eigenvalue weighted by atomic mass is 15.3. The lowest BCUT2D eigenvalue weighted by atomic mass is 10.1. The second-order valence-electron chi connectivity index (χ2n) is 6.92. The lowest BCUT2D eigenvalue weighted by molar-refractivity contribution is 0.620. The van der Waals surface area contributed by atoms with Crippen molar-refractivity contribution < 1.29 is 0 Å². The average Bonchev–Trinajstić information content (AvgIpc) is 3.27. The van der Waals surface area contributed by atoms with Crippen molar-refractivity contribution in [1.82, 2.24) is 19.7 Å². The summed E-state index contributed by atoms with van der Waals surface area (Å²) >= 11 is 0. The summed E-state index contributed by atoms with van der Waals surface area (Å²) in [4.78, 5) is 11.4. The van der Waals surface area contributed by atoms with Crippen molar-refractivity contribution in [1.29, 1.82) is 0 Å². The predicted molar refractivity (Wildman–Crippen MR) is 104 cm³/mol. The summed E-state index contributed by atoms with van der Waals surface area (Å²) in [7, 11) is 0. The number of rotatable bonds is 5. The van der Waals surface area contributed by atoms with Crippen molar-refractivity contribution in [2.75, 3.05) is 29.9 Å². The quantitative estimate of drug-likeness (QED) is 0.767. The summed E-state index contributed by atoms with van der Waals surface area (Å²) in [6.07, 6.45) is 4.71. The molecule has 1 atom stereocenters. The van der Waals surface area contributed by atoms with Gasteiger partial charge in [-0.15, -0.1) is 0 Å². The van der Waals surface area contributed by atoms with E-state index in [0.717, 1.165) is 42.7 Å². The molecule has 1 fully saturated rings. The smallest absolute Gasteiger partial charge is 0.174 e. The molecule has 1 aromatic carbocycles. The number of para-hydroxylation sites is 1. The van der Waals surface area contributed by atoms with Crippen LogP contribution in [-0.2, 0) is 0 Å². The second-order valence-corrected chi connectivity index (χ2v) is 6.92. The van der Waals surface area contributed by atoms with Gasteiger partial charge in [0.05, 0.1) is 18.1 Å². The van der Waals surface area contributed by atoms with Crippen molar-refractivity contribution in [2.45, 2.75) is 20.3 Å². The number of hydrogen-bond donors (Lipinski definition) is 1. The first kappa shape index (κ1) is 16.6. The van der Waals surface area contributed by atoms with E-state index in [9.17, 15) is 0 Å². The number of anilines is 2. The Hall–Kier alpha value is -2.89. The Morgan fingerprint density at radius 1 is 1.15 bits per heavy atom. The summed E-state index contributed by atoms with van der Waals surface area (Å²) in [6, 6.07) is 12.7. The van der Waals surface area contributed by atoms with Crippen molar-refractivity contribution in [3.8, 4) is 5.82 Å². The largest absolute Gasteiger partial charge is 0.371 e. The van der Waals surface area contributed by atoms with Gasteiger partial charge in [-0.1, -0.05) is 18.2 Å². The van der Waals surface area contributed by atoms with Gasteiger partial charge in [0.1, 0.15) is 5.82 Å². The first-order chi connectivity index (χ1) is 12.7. The Balaban J connectivity index is 1.38. The Morgan fingerprint density at radius 2 is 2.00 bits per heavy atom. The maximum atomic E-state index is 4.67. The third-order valence-electron chi connectivity index (χ3n) is 4.83. The van der Waals surface area contributed by atoms with Crippen molar-refractivity contribution in [3.05, 3.63) is 60.2 Å². The van der Waals surface area contributed by atoms with Crippen LogP contribution in [0.25, 0.3) is 5.82 Å². The molecular formula is C20H24N6. The molecule has 4 rings (SSSR count). The normalized spacial score (nSPS) is 16.8. The highest BCUT2D eigenvalue weighted by Crippen LogP contribution is 2.23. The third-order valence-corrected chi connectivity index (χ3v) is 4.83. The zero-order chi connectivity index (χ0) is 17.9. The molecule has 0 amide bonds. The molecule has 3 aromatic rings. The summed E-state index contributed by atoms with van der Waals surface area (Å²) in [5.41, 5.74) is 3.35. The number of aryl methyl sites for hydroxylation is 2. The molecule has 1 N–H and O–H groups in total. The fraction of sp³-hybridized carbons (Fsp3) is 0.350. The monoisotopic (exact) mass is 348 g/mol. The number of nitrogens with one attached hydrogen (secondary N) is 1. The lowest BCUT2D eigenvalue weighted by Gasteiger charge is -2.18. The minimum atomic E-state index is 0.606. The molecule has 6 nitrogen and oxygen atoms in total. The van der Waals surface area contributed by atoms with Crippen LogP contribution in [0, 0.1) is 19.8 Å². The summed E-state index contributed by atoms with van der Waals surface area (Å²) < 4.78 is 1.83. The fourth-order valence-corrected chi connectivity index (χ4v) is 3.53. The van der Waals surface area contributed by atoms with E-state index in [-0.39, 0.29) is 0 Å². The van der Waals surface area contributed by atoms with Gasteiger partial charge in [0.15, 0.2) is 5.82 Å². The molecular weight excluding hydrogens is 324 g/mol. The first-order valence-electron chi connectivity index (χ1n) is 9.08. The maximum Gasteiger partial charge on any atom is 0.174 e. The van der Waals surface area contributed by atoms with Gasteiger partial charge in [-0.05, 0) is 44.4 Å². The van der Waals surface area contributed by atoms with Gasteiger partial charge >= 0.3 is 0 Å². The SMILES string of the molecule is Cc1cc(C)n(-c2cncc(NCC3CCN(c4ccccc4)C3)n2)n1. The molecule has 0 radical (unpaired) electrons. The van der Waals surface area contributed by atoms with Crippen LogP contribution in [0.4, 0.5) is 11.5 Å². The number of nitrogens with zero attached hydrogens (tertiary/aromatic N) is 5. The van der Waals surface area contributed by atoms with Crippen LogP contribution in [0.3, 0.4) is 0 Å². The minimum Gasteiger partial charge on any atom is -0.371 e. The predicted octanol–water partition coefficient (Wildman–Crippen LogP) is 3.22. The van der Waals surface area contributed by atoms with Crippen LogP contribution in [0.5, 0.6) is 0 Å². The molecule has 1 aliphatic rings. The van der Waals surface area contributed by atoms with E-state index in [0.29, 0.717) is 5.92 Å². The standard InChI is InChI=1S/C20H24N6/c1-15-10-16(2)26(24-15)20-13-21-12-19(23-20)22-11-17-8-9-25(14-17)18-6-4-3-5-7-18/h3-7,10,12-13,17H,8-9,11,14H2,1-2H3,(H,22,23). The Morgan fingerprint density at radius 3 is 2.77 bits per heavy atom. The maximum absolute atomic E-state index is 4.67. The highest BCUT2D eigenvalue weighted by Gasteiger charge is 2.22. The van der Waals surface area contributed by atoms with Crippen LogP contribution in [-0.4, -0.2) is 39.4 Å². The molecule has 6 heteroatoms. The van der Waals surface area contributed by atoms with Gasteiger partial charge in [-0.2, -0.15) is 5.10 Å². The molecule has 1 aliphatic heterocycles. The molecule has 1 saturated heterocycles. The summed E-state index contributed by atoms with van der Waals surface area (Å²) in [6.45, 7) is 7.09. The van der Waals surface area contributed by atoms with Crippen LogP contribution in [0.2, 0.25) is 0 Å². The molecule has 2 aromatic heterocycles. The average molecular weight is 348 g/mol. The molecule has 0 saturated carbocycles.